The lowest BCUT2D eigenvalue weighted by Gasteiger charge is -2.38. The average Bonchev–Trinajstić information content (AvgIpc) is 3.20. The lowest BCUT2D eigenvalue weighted by Crippen LogP contribution is -2.45. The summed E-state index contributed by atoms with van der Waals surface area (Å²) in [6.45, 7) is 15.2. The highest BCUT2D eigenvalue weighted by molar-refractivity contribution is 7.89. The first-order chi connectivity index (χ1) is 16.2. The van der Waals surface area contributed by atoms with Gasteiger partial charge in [-0.2, -0.15) is 0 Å². The SMILES string of the molecule is CC(c1ccc(Cl)c(Cl)c1)S(=O)(=O)NC(CN1CCC(O[Si](C)(C)C(C)(C)C)C1)c1ccccc1. The number of nitrogens with zero attached hydrogens (tertiary/aromatic N) is 1. The summed E-state index contributed by atoms with van der Waals surface area (Å²) >= 11 is 12.2. The molecule has 3 rings (SSSR count). The van der Waals surface area contributed by atoms with Crippen molar-refractivity contribution in [2.45, 2.75) is 69.6 Å². The van der Waals surface area contributed by atoms with E-state index in [1.165, 1.54) is 0 Å². The van der Waals surface area contributed by atoms with Crippen LogP contribution in [0.3, 0.4) is 0 Å². The molecule has 0 aliphatic carbocycles. The fraction of sp³-hybridized carbons (Fsp3) is 0.538. The molecule has 3 atom stereocenters. The van der Waals surface area contributed by atoms with E-state index in [4.69, 9.17) is 27.6 Å². The van der Waals surface area contributed by atoms with Crippen LogP contribution in [0.1, 0.15) is 56.5 Å². The van der Waals surface area contributed by atoms with E-state index in [9.17, 15) is 8.42 Å². The molecule has 1 fully saturated rings. The second kappa shape index (κ2) is 11.2. The summed E-state index contributed by atoms with van der Waals surface area (Å²) in [5.41, 5.74) is 1.54. The molecule has 1 N–H and O–H groups in total. The van der Waals surface area contributed by atoms with Crippen LogP contribution in [0.4, 0.5) is 0 Å². The van der Waals surface area contributed by atoms with Crippen LogP contribution in [-0.4, -0.2) is 47.4 Å². The van der Waals surface area contributed by atoms with Crippen molar-refractivity contribution >= 4 is 41.5 Å². The van der Waals surface area contributed by atoms with Gasteiger partial charge in [-0.15, -0.1) is 0 Å². The van der Waals surface area contributed by atoms with E-state index in [0.717, 1.165) is 25.1 Å². The maximum absolute atomic E-state index is 13.4. The normalized spacial score (nSPS) is 19.6. The van der Waals surface area contributed by atoms with Crippen molar-refractivity contribution in [3.63, 3.8) is 0 Å². The average molecular weight is 558 g/mol. The highest BCUT2D eigenvalue weighted by Crippen LogP contribution is 2.38. The molecule has 0 aromatic heterocycles. The number of halogens is 2. The van der Waals surface area contributed by atoms with Gasteiger partial charge >= 0.3 is 0 Å². The number of nitrogens with one attached hydrogen (secondary N) is 1. The highest BCUT2D eigenvalue weighted by atomic mass is 35.5. The Labute approximate surface area is 222 Å². The molecule has 194 valence electrons. The van der Waals surface area contributed by atoms with Crippen molar-refractivity contribution in [1.29, 1.82) is 0 Å². The fourth-order valence-electron chi connectivity index (χ4n) is 4.05. The Hall–Kier alpha value is -0.933. The largest absolute Gasteiger partial charge is 0.413 e. The van der Waals surface area contributed by atoms with E-state index in [-0.39, 0.29) is 17.2 Å². The Kier molecular flexibility index (Phi) is 9.17. The quantitative estimate of drug-likeness (QED) is 0.344. The number of sulfonamides is 1. The number of likely N-dealkylation sites (tertiary alicyclic amines) is 1. The summed E-state index contributed by atoms with van der Waals surface area (Å²) in [6, 6.07) is 14.3. The summed E-state index contributed by atoms with van der Waals surface area (Å²) in [4.78, 5) is 2.31. The number of benzene rings is 2. The van der Waals surface area contributed by atoms with Crippen LogP contribution in [-0.2, 0) is 14.4 Å². The van der Waals surface area contributed by atoms with E-state index in [1.807, 2.05) is 30.3 Å². The Morgan fingerprint density at radius 1 is 1.09 bits per heavy atom. The molecule has 2 aromatic rings. The zero-order valence-corrected chi connectivity index (χ0v) is 24.8. The van der Waals surface area contributed by atoms with Gasteiger partial charge in [0.05, 0.1) is 27.4 Å². The Balaban J connectivity index is 1.75. The molecule has 9 heteroatoms. The van der Waals surface area contributed by atoms with Gasteiger partial charge in [-0.25, -0.2) is 13.1 Å². The summed E-state index contributed by atoms with van der Waals surface area (Å²) < 4.78 is 36.5. The van der Waals surface area contributed by atoms with Gasteiger partial charge in [0.1, 0.15) is 0 Å². The van der Waals surface area contributed by atoms with E-state index in [2.05, 4.69) is 43.5 Å². The topological polar surface area (TPSA) is 58.6 Å². The number of hydrogen-bond donors (Lipinski definition) is 1. The molecule has 0 bridgehead atoms. The third-order valence-electron chi connectivity index (χ3n) is 7.32. The number of hydrogen-bond acceptors (Lipinski definition) is 4. The first kappa shape index (κ1) is 28.6. The lowest BCUT2D eigenvalue weighted by molar-refractivity contribution is 0.178. The molecule has 35 heavy (non-hydrogen) atoms. The summed E-state index contributed by atoms with van der Waals surface area (Å²) in [5, 5.41) is 0.120. The van der Waals surface area contributed by atoms with E-state index >= 15 is 0 Å². The maximum atomic E-state index is 13.4. The molecule has 5 nitrogen and oxygen atoms in total. The van der Waals surface area contributed by atoms with Gasteiger partial charge in [0.25, 0.3) is 0 Å². The molecular weight excluding hydrogens is 519 g/mol. The first-order valence-electron chi connectivity index (χ1n) is 12.1. The molecule has 1 saturated heterocycles. The third kappa shape index (κ3) is 7.31. The van der Waals surface area contributed by atoms with Crippen LogP contribution in [0.5, 0.6) is 0 Å². The van der Waals surface area contributed by atoms with Crippen LogP contribution in [0.25, 0.3) is 0 Å². The van der Waals surface area contributed by atoms with Crippen LogP contribution >= 0.6 is 23.2 Å². The minimum absolute atomic E-state index is 0.156. The summed E-state index contributed by atoms with van der Waals surface area (Å²) in [5.74, 6) is 0. The van der Waals surface area contributed by atoms with Crippen molar-refractivity contribution in [3.05, 3.63) is 69.7 Å². The standard InChI is InChI=1S/C26H38Cl2N2O3SSi/c1-19(21-12-13-23(27)24(28)16-21)34(31,32)29-25(20-10-8-7-9-11-20)18-30-15-14-22(17-30)33-35(5,6)26(2,3)4/h7-13,16,19,22,25,29H,14-15,17-18H2,1-6H3. The van der Waals surface area contributed by atoms with E-state index < -0.39 is 23.6 Å². The minimum atomic E-state index is -3.70. The molecule has 2 aromatic carbocycles. The second-order valence-electron chi connectivity index (χ2n) is 11.0. The zero-order valence-electron chi connectivity index (χ0n) is 21.5. The van der Waals surface area contributed by atoms with Crippen LogP contribution in [0, 0.1) is 0 Å². The molecule has 1 aliphatic heterocycles. The van der Waals surface area contributed by atoms with Gasteiger partial charge in [0.2, 0.25) is 10.0 Å². The Morgan fingerprint density at radius 3 is 2.34 bits per heavy atom. The van der Waals surface area contributed by atoms with Gasteiger partial charge in [-0.1, -0.05) is 80.4 Å². The molecule has 1 aliphatic rings. The fourth-order valence-corrected chi connectivity index (χ4v) is 7.05. The second-order valence-corrected chi connectivity index (χ2v) is 18.6. The zero-order chi connectivity index (χ0) is 26.0. The molecule has 0 amide bonds. The predicted molar refractivity (Wildman–Crippen MR) is 149 cm³/mol. The van der Waals surface area contributed by atoms with Crippen LogP contribution in [0.2, 0.25) is 28.2 Å². The molecule has 0 spiro atoms. The Bertz CT molecular complexity index is 1110. The summed E-state index contributed by atoms with van der Waals surface area (Å²) in [6.07, 6.45) is 1.14. The molecule has 0 saturated carbocycles. The van der Waals surface area contributed by atoms with Gasteiger partial charge < -0.3 is 4.43 Å². The molecule has 0 radical (unpaired) electrons. The van der Waals surface area contributed by atoms with Crippen molar-refractivity contribution in [1.82, 2.24) is 9.62 Å². The summed E-state index contributed by atoms with van der Waals surface area (Å²) in [7, 11) is -5.56. The van der Waals surface area contributed by atoms with Gasteiger partial charge in [-0.3, -0.25) is 4.90 Å². The molecule has 1 heterocycles. The van der Waals surface area contributed by atoms with Gasteiger partial charge in [0, 0.05) is 19.6 Å². The van der Waals surface area contributed by atoms with E-state index in [0.29, 0.717) is 22.2 Å². The predicted octanol–water partition coefficient (Wildman–Crippen LogP) is 6.81. The lowest BCUT2D eigenvalue weighted by atomic mass is 10.1. The van der Waals surface area contributed by atoms with Crippen LogP contribution < -0.4 is 4.72 Å². The van der Waals surface area contributed by atoms with Gasteiger partial charge in [-0.05, 0) is 54.7 Å². The molecule has 3 unspecified atom stereocenters. The third-order valence-corrected chi connectivity index (χ3v) is 14.4. The van der Waals surface area contributed by atoms with Crippen molar-refractivity contribution in [3.8, 4) is 0 Å². The minimum Gasteiger partial charge on any atom is -0.413 e. The van der Waals surface area contributed by atoms with Crippen molar-refractivity contribution in [2.24, 2.45) is 0 Å². The van der Waals surface area contributed by atoms with Crippen molar-refractivity contribution < 1.29 is 12.8 Å². The number of rotatable bonds is 9. The maximum Gasteiger partial charge on any atom is 0.219 e. The first-order valence-corrected chi connectivity index (χ1v) is 17.3. The highest BCUT2D eigenvalue weighted by Gasteiger charge is 2.41. The van der Waals surface area contributed by atoms with Gasteiger partial charge in [0.15, 0.2) is 8.32 Å². The van der Waals surface area contributed by atoms with Crippen LogP contribution in [0.15, 0.2) is 48.5 Å². The van der Waals surface area contributed by atoms with E-state index in [1.54, 1.807) is 25.1 Å². The smallest absolute Gasteiger partial charge is 0.219 e. The Morgan fingerprint density at radius 2 is 1.74 bits per heavy atom. The van der Waals surface area contributed by atoms with Crippen molar-refractivity contribution in [2.75, 3.05) is 19.6 Å². The molecular formula is C26H38Cl2N2O3SSi. The monoisotopic (exact) mass is 556 g/mol.